The van der Waals surface area contributed by atoms with Crippen molar-refractivity contribution in [3.05, 3.63) is 29.6 Å². The van der Waals surface area contributed by atoms with E-state index in [1.807, 2.05) is 0 Å². The lowest BCUT2D eigenvalue weighted by Crippen LogP contribution is -2.25. The Balaban J connectivity index is 2.09. The van der Waals surface area contributed by atoms with Gasteiger partial charge >= 0.3 is 0 Å². The van der Waals surface area contributed by atoms with Crippen LogP contribution in [-0.2, 0) is 0 Å². The Morgan fingerprint density at radius 2 is 2.18 bits per heavy atom. The number of aliphatic hydroxyl groups is 2. The van der Waals surface area contributed by atoms with Crippen LogP contribution >= 0.6 is 0 Å². The maximum absolute atomic E-state index is 13.6. The Morgan fingerprint density at radius 3 is 2.71 bits per heavy atom. The predicted octanol–water partition coefficient (Wildman–Crippen LogP) is 2.17. The SMILES string of the molecule is CC(O)c1ccc(OC2CCCC2O)cc1F. The average Bonchev–Trinajstić information content (AvgIpc) is 2.64. The first-order valence-electron chi connectivity index (χ1n) is 5.90. The summed E-state index contributed by atoms with van der Waals surface area (Å²) in [6.45, 7) is 1.51. The van der Waals surface area contributed by atoms with E-state index in [0.29, 0.717) is 5.75 Å². The molecule has 3 nitrogen and oxygen atoms in total. The van der Waals surface area contributed by atoms with Gasteiger partial charge in [-0.05, 0) is 38.3 Å². The van der Waals surface area contributed by atoms with E-state index in [1.165, 1.54) is 19.1 Å². The van der Waals surface area contributed by atoms with Crippen LogP contribution in [0.4, 0.5) is 4.39 Å². The van der Waals surface area contributed by atoms with Gasteiger partial charge in [0.15, 0.2) is 0 Å². The second-order valence-electron chi connectivity index (χ2n) is 4.51. The van der Waals surface area contributed by atoms with Gasteiger partial charge < -0.3 is 14.9 Å². The number of hydrogen-bond donors (Lipinski definition) is 2. The summed E-state index contributed by atoms with van der Waals surface area (Å²) >= 11 is 0. The Hall–Kier alpha value is -1.13. The smallest absolute Gasteiger partial charge is 0.132 e. The summed E-state index contributed by atoms with van der Waals surface area (Å²) in [6, 6.07) is 4.39. The number of ether oxygens (including phenoxy) is 1. The van der Waals surface area contributed by atoms with Crippen molar-refractivity contribution in [2.24, 2.45) is 0 Å². The van der Waals surface area contributed by atoms with Crippen LogP contribution in [0.2, 0.25) is 0 Å². The van der Waals surface area contributed by atoms with Crippen LogP contribution in [0.3, 0.4) is 0 Å². The summed E-state index contributed by atoms with van der Waals surface area (Å²) in [5.74, 6) is -0.0807. The van der Waals surface area contributed by atoms with Crippen LogP contribution in [0, 0.1) is 5.82 Å². The maximum atomic E-state index is 13.6. The standard InChI is InChI=1S/C13H17FO3/c1-8(15)10-6-5-9(7-11(10)14)17-13-4-2-3-12(13)16/h5-8,12-13,15-16H,2-4H2,1H3. The number of hydrogen-bond acceptors (Lipinski definition) is 3. The van der Waals surface area contributed by atoms with Gasteiger partial charge in [0.25, 0.3) is 0 Å². The molecule has 0 bridgehead atoms. The third-order valence-corrected chi connectivity index (χ3v) is 3.13. The minimum Gasteiger partial charge on any atom is -0.488 e. The van der Waals surface area contributed by atoms with Gasteiger partial charge in [-0.25, -0.2) is 4.39 Å². The van der Waals surface area contributed by atoms with E-state index in [2.05, 4.69) is 0 Å². The molecule has 1 aromatic rings. The molecule has 1 fully saturated rings. The van der Waals surface area contributed by atoms with Crippen molar-refractivity contribution in [1.82, 2.24) is 0 Å². The first kappa shape index (κ1) is 12.3. The largest absolute Gasteiger partial charge is 0.488 e. The summed E-state index contributed by atoms with van der Waals surface area (Å²) in [4.78, 5) is 0. The Labute approximate surface area is 99.8 Å². The van der Waals surface area contributed by atoms with Crippen LogP contribution in [-0.4, -0.2) is 22.4 Å². The van der Waals surface area contributed by atoms with Crippen LogP contribution in [0.25, 0.3) is 0 Å². The van der Waals surface area contributed by atoms with Crippen LogP contribution in [0.15, 0.2) is 18.2 Å². The Morgan fingerprint density at radius 1 is 1.41 bits per heavy atom. The van der Waals surface area contributed by atoms with E-state index in [1.54, 1.807) is 6.07 Å². The minimum atomic E-state index is -0.832. The van der Waals surface area contributed by atoms with E-state index < -0.39 is 18.0 Å². The highest BCUT2D eigenvalue weighted by atomic mass is 19.1. The molecule has 94 valence electrons. The zero-order valence-electron chi connectivity index (χ0n) is 9.77. The molecule has 0 heterocycles. The summed E-state index contributed by atoms with van der Waals surface area (Å²) in [5.41, 5.74) is 0.254. The fourth-order valence-electron chi connectivity index (χ4n) is 2.14. The van der Waals surface area contributed by atoms with Crippen molar-refractivity contribution in [3.63, 3.8) is 0 Å². The van der Waals surface area contributed by atoms with Gasteiger partial charge in [0, 0.05) is 11.6 Å². The van der Waals surface area contributed by atoms with Crippen molar-refractivity contribution in [2.75, 3.05) is 0 Å². The third-order valence-electron chi connectivity index (χ3n) is 3.13. The molecule has 1 aromatic carbocycles. The fourth-order valence-corrected chi connectivity index (χ4v) is 2.14. The Kier molecular flexibility index (Phi) is 3.64. The summed E-state index contributed by atoms with van der Waals surface area (Å²) in [5, 5.41) is 18.9. The highest BCUT2D eigenvalue weighted by Crippen LogP contribution is 2.27. The van der Waals surface area contributed by atoms with E-state index in [0.717, 1.165) is 19.3 Å². The lowest BCUT2D eigenvalue weighted by Gasteiger charge is -2.17. The molecule has 1 aliphatic rings. The zero-order valence-corrected chi connectivity index (χ0v) is 9.77. The summed E-state index contributed by atoms with van der Waals surface area (Å²) in [7, 11) is 0. The summed E-state index contributed by atoms with van der Waals surface area (Å²) in [6.07, 6.45) is 0.919. The molecule has 0 aromatic heterocycles. The predicted molar refractivity (Wildman–Crippen MR) is 61.3 cm³/mol. The van der Waals surface area contributed by atoms with E-state index in [4.69, 9.17) is 4.74 Å². The van der Waals surface area contributed by atoms with Crippen LogP contribution in [0.1, 0.15) is 37.9 Å². The van der Waals surface area contributed by atoms with Gasteiger partial charge in [-0.15, -0.1) is 0 Å². The first-order valence-corrected chi connectivity index (χ1v) is 5.90. The Bertz CT molecular complexity index is 392. The lowest BCUT2D eigenvalue weighted by molar-refractivity contribution is 0.0601. The normalized spacial score (nSPS) is 25.9. The second-order valence-corrected chi connectivity index (χ2v) is 4.51. The zero-order chi connectivity index (χ0) is 12.4. The fraction of sp³-hybridized carbons (Fsp3) is 0.538. The van der Waals surface area contributed by atoms with Gasteiger partial charge in [0.2, 0.25) is 0 Å². The maximum Gasteiger partial charge on any atom is 0.132 e. The molecule has 2 rings (SSSR count). The molecule has 3 unspecified atom stereocenters. The topological polar surface area (TPSA) is 49.7 Å². The molecule has 4 heteroatoms. The monoisotopic (exact) mass is 240 g/mol. The van der Waals surface area contributed by atoms with Gasteiger partial charge in [-0.1, -0.05) is 0 Å². The molecule has 0 saturated heterocycles. The van der Waals surface area contributed by atoms with Crippen LogP contribution < -0.4 is 4.74 Å². The molecule has 2 N–H and O–H groups in total. The molecule has 0 spiro atoms. The minimum absolute atomic E-state index is 0.244. The molecule has 1 aliphatic carbocycles. The molecule has 1 saturated carbocycles. The third kappa shape index (κ3) is 2.76. The highest BCUT2D eigenvalue weighted by molar-refractivity contribution is 5.30. The van der Waals surface area contributed by atoms with Gasteiger partial charge in [0.05, 0.1) is 12.2 Å². The van der Waals surface area contributed by atoms with Gasteiger partial charge in [-0.2, -0.15) is 0 Å². The number of benzene rings is 1. The highest BCUT2D eigenvalue weighted by Gasteiger charge is 2.27. The van der Waals surface area contributed by atoms with Crippen molar-refractivity contribution in [2.45, 2.75) is 44.5 Å². The molecular formula is C13H17FO3. The molecule has 17 heavy (non-hydrogen) atoms. The molecule has 0 radical (unpaired) electrons. The van der Waals surface area contributed by atoms with Crippen molar-refractivity contribution in [1.29, 1.82) is 0 Å². The molecule has 0 aliphatic heterocycles. The number of aliphatic hydroxyl groups excluding tert-OH is 2. The second kappa shape index (κ2) is 5.02. The molecular weight excluding hydrogens is 223 g/mol. The van der Waals surface area contributed by atoms with Crippen LogP contribution in [0.5, 0.6) is 5.75 Å². The first-order chi connectivity index (χ1) is 8.08. The number of rotatable bonds is 3. The van der Waals surface area contributed by atoms with E-state index in [-0.39, 0.29) is 11.7 Å². The average molecular weight is 240 g/mol. The number of halogens is 1. The molecule has 0 amide bonds. The molecule has 3 atom stereocenters. The van der Waals surface area contributed by atoms with Crippen molar-refractivity contribution in [3.8, 4) is 5.75 Å². The van der Waals surface area contributed by atoms with E-state index in [9.17, 15) is 14.6 Å². The summed E-state index contributed by atoms with van der Waals surface area (Å²) < 4.78 is 19.1. The van der Waals surface area contributed by atoms with Crippen molar-refractivity contribution >= 4 is 0 Å². The van der Waals surface area contributed by atoms with Crippen molar-refractivity contribution < 1.29 is 19.3 Å². The van der Waals surface area contributed by atoms with Gasteiger partial charge in [0.1, 0.15) is 17.7 Å². The lowest BCUT2D eigenvalue weighted by atomic mass is 10.1. The van der Waals surface area contributed by atoms with E-state index >= 15 is 0 Å². The van der Waals surface area contributed by atoms with Gasteiger partial charge in [-0.3, -0.25) is 0 Å². The quantitative estimate of drug-likeness (QED) is 0.851.